The number of aliphatic imine (C=N–C) groups is 1. The van der Waals surface area contributed by atoms with Crippen molar-refractivity contribution in [3.05, 3.63) is 66.0 Å². The van der Waals surface area contributed by atoms with Gasteiger partial charge in [-0.1, -0.05) is 55.7 Å². The van der Waals surface area contributed by atoms with Crippen molar-refractivity contribution in [3.8, 4) is 0 Å². The van der Waals surface area contributed by atoms with E-state index in [0.29, 0.717) is 5.69 Å². The first kappa shape index (κ1) is 22.1. The lowest BCUT2D eigenvalue weighted by atomic mass is 9.81. The second kappa shape index (κ2) is 9.26. The van der Waals surface area contributed by atoms with Gasteiger partial charge in [0.15, 0.2) is 0 Å². The molecular formula is C27H33FN4O. The van der Waals surface area contributed by atoms with Crippen LogP contribution in [0.3, 0.4) is 0 Å². The van der Waals surface area contributed by atoms with Crippen molar-refractivity contribution in [2.75, 3.05) is 11.4 Å². The number of nitrogens with zero attached hydrogens (tertiary/aromatic N) is 3. The van der Waals surface area contributed by atoms with Crippen LogP contribution in [0, 0.1) is 5.82 Å². The van der Waals surface area contributed by atoms with Crippen LogP contribution in [0.1, 0.15) is 57.4 Å². The van der Waals surface area contributed by atoms with Crippen LogP contribution in [0.5, 0.6) is 0 Å². The second-order valence-electron chi connectivity index (χ2n) is 9.81. The highest BCUT2D eigenvalue weighted by atomic mass is 19.1. The first-order chi connectivity index (χ1) is 16.0. The Labute approximate surface area is 195 Å². The molecule has 2 aliphatic heterocycles. The fourth-order valence-electron chi connectivity index (χ4n) is 5.84. The molecule has 6 heteroatoms. The minimum atomic E-state index is -0.561. The third kappa shape index (κ3) is 4.41. The highest BCUT2D eigenvalue weighted by Crippen LogP contribution is 2.41. The molecule has 174 valence electrons. The van der Waals surface area contributed by atoms with Gasteiger partial charge >= 0.3 is 6.03 Å². The molecule has 2 aromatic rings. The Balaban J connectivity index is 1.48. The van der Waals surface area contributed by atoms with E-state index < -0.39 is 5.54 Å². The van der Waals surface area contributed by atoms with Gasteiger partial charge in [0.25, 0.3) is 0 Å². The summed E-state index contributed by atoms with van der Waals surface area (Å²) in [6, 6.07) is 17.2. The van der Waals surface area contributed by atoms with Crippen molar-refractivity contribution in [1.29, 1.82) is 0 Å². The van der Waals surface area contributed by atoms with Crippen molar-refractivity contribution in [1.82, 2.24) is 10.2 Å². The lowest BCUT2D eigenvalue weighted by Crippen LogP contribution is -2.59. The molecule has 3 aliphatic rings. The number of carbonyl (C=O) groups is 1. The molecular weight excluding hydrogens is 415 g/mol. The molecule has 0 bridgehead atoms. The Bertz CT molecular complexity index is 1020. The van der Waals surface area contributed by atoms with Gasteiger partial charge in [-0.3, -0.25) is 20.1 Å². The Hall–Kier alpha value is -2.73. The summed E-state index contributed by atoms with van der Waals surface area (Å²) >= 11 is 0. The van der Waals surface area contributed by atoms with Crippen LogP contribution in [0.4, 0.5) is 14.9 Å². The number of urea groups is 1. The molecule has 2 unspecified atom stereocenters. The maximum Gasteiger partial charge on any atom is 0.328 e. The van der Waals surface area contributed by atoms with Gasteiger partial charge in [0.05, 0.1) is 6.04 Å². The van der Waals surface area contributed by atoms with Crippen molar-refractivity contribution in [3.63, 3.8) is 0 Å². The summed E-state index contributed by atoms with van der Waals surface area (Å²) in [5.74, 6) is 0.456. The standard InChI is InChI=1S/C27H33FN4O/c1-20-18-27(15-16-31(20)19-21-9-4-2-5-10-21)25(29-23-12-6-3-7-13-23)30-26(33)32(27)24-14-8-11-22(28)17-24/h2,4-5,8-11,14,17,20,23H,3,6-7,12-13,15-16,18-19H2,1H3,(H,29,30,33). The SMILES string of the molecule is CC1CC2(CCN1Cc1ccccc1)C(=NC1CCCCC1)NC(=O)N2c1cccc(F)c1. The van der Waals surface area contributed by atoms with Gasteiger partial charge in [0, 0.05) is 24.8 Å². The van der Waals surface area contributed by atoms with E-state index in [4.69, 9.17) is 4.99 Å². The number of benzene rings is 2. The van der Waals surface area contributed by atoms with E-state index in [9.17, 15) is 9.18 Å². The average molecular weight is 449 g/mol. The zero-order chi connectivity index (χ0) is 22.8. The van der Waals surface area contributed by atoms with E-state index in [2.05, 4.69) is 41.4 Å². The summed E-state index contributed by atoms with van der Waals surface area (Å²) < 4.78 is 14.2. The lowest BCUT2D eigenvalue weighted by molar-refractivity contribution is 0.123. The minimum absolute atomic E-state index is 0.195. The predicted molar refractivity (Wildman–Crippen MR) is 130 cm³/mol. The third-order valence-electron chi connectivity index (χ3n) is 7.55. The third-order valence-corrected chi connectivity index (χ3v) is 7.55. The van der Waals surface area contributed by atoms with Crippen LogP contribution in [0.15, 0.2) is 59.6 Å². The molecule has 1 saturated carbocycles. The summed E-state index contributed by atoms with van der Waals surface area (Å²) in [4.78, 5) is 22.7. The zero-order valence-corrected chi connectivity index (χ0v) is 19.3. The van der Waals surface area contributed by atoms with Gasteiger partial charge < -0.3 is 0 Å². The molecule has 2 amide bonds. The van der Waals surface area contributed by atoms with E-state index in [1.54, 1.807) is 11.0 Å². The quantitative estimate of drug-likeness (QED) is 0.670. The van der Waals surface area contributed by atoms with Crippen LogP contribution in [0.25, 0.3) is 0 Å². The topological polar surface area (TPSA) is 47.9 Å². The van der Waals surface area contributed by atoms with Crippen LogP contribution < -0.4 is 10.2 Å². The van der Waals surface area contributed by atoms with Crippen LogP contribution in [0.2, 0.25) is 0 Å². The molecule has 1 spiro atoms. The zero-order valence-electron chi connectivity index (χ0n) is 19.3. The van der Waals surface area contributed by atoms with E-state index in [0.717, 1.165) is 44.6 Å². The summed E-state index contributed by atoms with van der Waals surface area (Å²) in [7, 11) is 0. The van der Waals surface area contributed by atoms with E-state index in [1.165, 1.54) is 37.0 Å². The number of nitrogens with one attached hydrogen (secondary N) is 1. The number of hydrogen-bond acceptors (Lipinski definition) is 3. The highest BCUT2D eigenvalue weighted by Gasteiger charge is 2.54. The van der Waals surface area contributed by atoms with Gasteiger partial charge in [-0.15, -0.1) is 0 Å². The molecule has 5 rings (SSSR count). The van der Waals surface area contributed by atoms with Crippen LogP contribution >= 0.6 is 0 Å². The molecule has 5 nitrogen and oxygen atoms in total. The number of carbonyl (C=O) groups excluding carboxylic acids is 1. The normalized spacial score (nSPS) is 27.9. The maximum atomic E-state index is 14.2. The summed E-state index contributed by atoms with van der Waals surface area (Å²) in [6.45, 7) is 3.96. The number of anilines is 1. The summed E-state index contributed by atoms with van der Waals surface area (Å²) in [5, 5.41) is 3.11. The second-order valence-corrected chi connectivity index (χ2v) is 9.81. The predicted octanol–water partition coefficient (Wildman–Crippen LogP) is 5.51. The summed E-state index contributed by atoms with van der Waals surface area (Å²) in [6.07, 6.45) is 7.33. The summed E-state index contributed by atoms with van der Waals surface area (Å²) in [5.41, 5.74) is 1.33. The van der Waals surface area contributed by atoms with E-state index in [-0.39, 0.29) is 23.9 Å². The van der Waals surface area contributed by atoms with Gasteiger partial charge in [-0.05, 0) is 56.4 Å². The smallest absolute Gasteiger partial charge is 0.296 e. The van der Waals surface area contributed by atoms with Crippen molar-refractivity contribution >= 4 is 17.6 Å². The molecule has 2 heterocycles. The Morgan fingerprint density at radius 3 is 2.61 bits per heavy atom. The lowest BCUT2D eigenvalue weighted by Gasteiger charge is -2.47. The van der Waals surface area contributed by atoms with Crippen LogP contribution in [-0.2, 0) is 6.54 Å². The number of hydrogen-bond donors (Lipinski definition) is 1. The van der Waals surface area contributed by atoms with Crippen molar-refractivity contribution in [2.24, 2.45) is 4.99 Å². The van der Waals surface area contributed by atoms with Gasteiger partial charge in [-0.25, -0.2) is 9.18 Å². The molecule has 1 N–H and O–H groups in total. The van der Waals surface area contributed by atoms with Gasteiger partial charge in [0.1, 0.15) is 17.2 Å². The fourth-order valence-corrected chi connectivity index (χ4v) is 5.84. The molecule has 33 heavy (non-hydrogen) atoms. The Kier molecular flexibility index (Phi) is 6.19. The Morgan fingerprint density at radius 2 is 1.88 bits per heavy atom. The molecule has 2 atom stereocenters. The highest BCUT2D eigenvalue weighted by molar-refractivity contribution is 6.19. The van der Waals surface area contributed by atoms with Crippen molar-refractivity contribution < 1.29 is 9.18 Å². The number of halogens is 1. The molecule has 2 aromatic carbocycles. The monoisotopic (exact) mass is 448 g/mol. The first-order valence-electron chi connectivity index (χ1n) is 12.3. The fraction of sp³-hybridized carbons (Fsp3) is 0.481. The Morgan fingerprint density at radius 1 is 1.09 bits per heavy atom. The molecule has 0 radical (unpaired) electrons. The minimum Gasteiger partial charge on any atom is -0.296 e. The largest absolute Gasteiger partial charge is 0.328 e. The molecule has 3 fully saturated rings. The van der Waals surface area contributed by atoms with Crippen LogP contribution in [-0.4, -0.2) is 40.9 Å². The molecule has 0 aromatic heterocycles. The number of piperidine rings is 1. The maximum absolute atomic E-state index is 14.2. The molecule has 1 aliphatic carbocycles. The molecule has 2 saturated heterocycles. The number of rotatable bonds is 4. The number of amidine groups is 1. The average Bonchev–Trinajstić information content (AvgIpc) is 3.07. The number of likely N-dealkylation sites (tertiary alicyclic amines) is 1. The van der Waals surface area contributed by atoms with E-state index >= 15 is 0 Å². The van der Waals surface area contributed by atoms with Crippen molar-refractivity contribution in [2.45, 2.75) is 76.0 Å². The first-order valence-corrected chi connectivity index (χ1v) is 12.3. The van der Waals surface area contributed by atoms with Gasteiger partial charge in [-0.2, -0.15) is 0 Å². The van der Waals surface area contributed by atoms with E-state index in [1.807, 2.05) is 12.1 Å². The number of amides is 2. The van der Waals surface area contributed by atoms with Gasteiger partial charge in [0.2, 0.25) is 0 Å².